The molecule has 2 unspecified atom stereocenters. The van der Waals surface area contributed by atoms with Crippen molar-refractivity contribution in [3.8, 4) is 0 Å². The molecule has 2 saturated carbocycles. The van der Waals surface area contributed by atoms with Crippen LogP contribution < -0.4 is 5.32 Å². The molecule has 0 aromatic carbocycles. The van der Waals surface area contributed by atoms with Crippen molar-refractivity contribution in [3.05, 3.63) is 0 Å². The topological polar surface area (TPSA) is 41.6 Å². The Kier molecular flexibility index (Phi) is 3.94. The predicted molar refractivity (Wildman–Crippen MR) is 76.0 cm³/mol. The summed E-state index contributed by atoms with van der Waals surface area (Å²) < 4.78 is 5.62. The molecule has 4 heteroatoms. The fourth-order valence-electron chi connectivity index (χ4n) is 3.08. The summed E-state index contributed by atoms with van der Waals surface area (Å²) in [7, 11) is 3.68. The first-order chi connectivity index (χ1) is 8.82. The second kappa shape index (κ2) is 5.06. The van der Waals surface area contributed by atoms with Crippen molar-refractivity contribution in [2.24, 2.45) is 11.3 Å². The standard InChI is InChI=1S/C15H28N2O2/c1-14(2)12(8-15(14,3)19-5)17(4)13(18)10-16-9-11-6-7-11/h11-12,16H,6-10H2,1-5H3. The maximum Gasteiger partial charge on any atom is 0.236 e. The fourth-order valence-corrected chi connectivity index (χ4v) is 3.08. The van der Waals surface area contributed by atoms with E-state index in [0.717, 1.165) is 18.9 Å². The predicted octanol–water partition coefficient (Wildman–Crippen LogP) is 1.65. The van der Waals surface area contributed by atoms with Crippen LogP contribution in [-0.2, 0) is 9.53 Å². The Balaban J connectivity index is 1.82. The van der Waals surface area contributed by atoms with E-state index in [1.54, 1.807) is 7.11 Å². The highest BCUT2D eigenvalue weighted by Crippen LogP contribution is 2.53. The molecule has 0 bridgehead atoms. The van der Waals surface area contributed by atoms with Crippen molar-refractivity contribution >= 4 is 5.91 Å². The second-order valence-corrected chi connectivity index (χ2v) is 6.96. The van der Waals surface area contributed by atoms with Crippen LogP contribution in [0.25, 0.3) is 0 Å². The van der Waals surface area contributed by atoms with E-state index in [9.17, 15) is 4.79 Å². The van der Waals surface area contributed by atoms with Crippen molar-refractivity contribution in [2.45, 2.75) is 51.7 Å². The van der Waals surface area contributed by atoms with E-state index in [4.69, 9.17) is 4.74 Å². The summed E-state index contributed by atoms with van der Waals surface area (Å²) in [6.45, 7) is 7.96. The summed E-state index contributed by atoms with van der Waals surface area (Å²) in [6.07, 6.45) is 3.55. The van der Waals surface area contributed by atoms with Crippen LogP contribution in [0.15, 0.2) is 0 Å². The average Bonchev–Trinajstić information content (AvgIpc) is 3.18. The van der Waals surface area contributed by atoms with Gasteiger partial charge in [-0.3, -0.25) is 4.79 Å². The second-order valence-electron chi connectivity index (χ2n) is 6.96. The van der Waals surface area contributed by atoms with Crippen molar-refractivity contribution in [3.63, 3.8) is 0 Å². The molecular weight excluding hydrogens is 240 g/mol. The summed E-state index contributed by atoms with van der Waals surface area (Å²) in [6, 6.07) is 0.271. The number of nitrogens with zero attached hydrogens (tertiary/aromatic N) is 1. The molecule has 2 aliphatic carbocycles. The Labute approximate surface area is 116 Å². The number of nitrogens with one attached hydrogen (secondary N) is 1. The number of carbonyl (C=O) groups excluding carboxylic acids is 1. The third-order valence-electron chi connectivity index (χ3n) is 5.50. The number of rotatable bonds is 6. The summed E-state index contributed by atoms with van der Waals surface area (Å²) in [5, 5.41) is 3.27. The van der Waals surface area contributed by atoms with Gasteiger partial charge < -0.3 is 15.0 Å². The summed E-state index contributed by atoms with van der Waals surface area (Å²) in [5.41, 5.74) is -0.115. The Morgan fingerprint density at radius 2 is 2.00 bits per heavy atom. The van der Waals surface area contributed by atoms with E-state index < -0.39 is 0 Å². The van der Waals surface area contributed by atoms with Crippen LogP contribution in [0, 0.1) is 11.3 Å². The molecule has 0 aromatic rings. The third kappa shape index (κ3) is 2.65. The summed E-state index contributed by atoms with van der Waals surface area (Å²) in [5.74, 6) is 1.01. The van der Waals surface area contributed by atoms with Crippen LogP contribution >= 0.6 is 0 Å². The van der Waals surface area contributed by atoms with Crippen molar-refractivity contribution in [1.82, 2.24) is 10.2 Å². The average molecular weight is 268 g/mol. The normalized spacial score (nSPS) is 32.8. The molecule has 19 heavy (non-hydrogen) atoms. The molecule has 2 aliphatic rings. The molecule has 4 nitrogen and oxygen atoms in total. The van der Waals surface area contributed by atoms with Gasteiger partial charge in [-0.2, -0.15) is 0 Å². The number of likely N-dealkylation sites (N-methyl/N-ethyl adjacent to an activating group) is 1. The maximum atomic E-state index is 12.2. The van der Waals surface area contributed by atoms with Crippen molar-refractivity contribution in [1.29, 1.82) is 0 Å². The lowest BCUT2D eigenvalue weighted by molar-refractivity contribution is -0.207. The van der Waals surface area contributed by atoms with E-state index in [2.05, 4.69) is 26.1 Å². The van der Waals surface area contributed by atoms with E-state index in [1.807, 2.05) is 11.9 Å². The zero-order chi connectivity index (χ0) is 14.3. The monoisotopic (exact) mass is 268 g/mol. The Bertz CT molecular complexity index is 352. The quantitative estimate of drug-likeness (QED) is 0.796. The number of hydrogen-bond acceptors (Lipinski definition) is 3. The van der Waals surface area contributed by atoms with Crippen LogP contribution in [-0.4, -0.2) is 49.7 Å². The summed E-state index contributed by atoms with van der Waals surface area (Å²) >= 11 is 0. The van der Waals surface area contributed by atoms with E-state index in [0.29, 0.717) is 6.54 Å². The van der Waals surface area contributed by atoms with Crippen molar-refractivity contribution < 1.29 is 9.53 Å². The molecule has 0 saturated heterocycles. The zero-order valence-corrected chi connectivity index (χ0v) is 13.0. The number of methoxy groups -OCH3 is 1. The molecule has 0 aliphatic heterocycles. The maximum absolute atomic E-state index is 12.2. The first-order valence-electron chi connectivity index (χ1n) is 7.33. The first kappa shape index (κ1) is 14.8. The number of hydrogen-bond donors (Lipinski definition) is 1. The molecule has 0 heterocycles. The fraction of sp³-hybridized carbons (Fsp3) is 0.933. The van der Waals surface area contributed by atoms with E-state index in [-0.39, 0.29) is 23.0 Å². The van der Waals surface area contributed by atoms with Gasteiger partial charge in [-0.25, -0.2) is 0 Å². The first-order valence-corrected chi connectivity index (χ1v) is 7.33. The number of ether oxygens (including phenoxy) is 1. The highest BCUT2D eigenvalue weighted by Gasteiger charge is 2.59. The molecule has 1 amide bonds. The SMILES string of the molecule is COC1(C)CC(N(C)C(=O)CNCC2CC2)C1(C)C. The molecule has 2 rings (SSSR count). The lowest BCUT2D eigenvalue weighted by atomic mass is 9.55. The number of amides is 1. The third-order valence-corrected chi connectivity index (χ3v) is 5.50. The highest BCUT2D eigenvalue weighted by atomic mass is 16.5. The van der Waals surface area contributed by atoms with Gasteiger partial charge in [0, 0.05) is 25.6 Å². The van der Waals surface area contributed by atoms with Gasteiger partial charge >= 0.3 is 0 Å². The van der Waals surface area contributed by atoms with Gasteiger partial charge in [0.25, 0.3) is 0 Å². The molecular formula is C15H28N2O2. The van der Waals surface area contributed by atoms with Crippen LogP contribution in [0.5, 0.6) is 0 Å². The number of carbonyl (C=O) groups is 1. The van der Waals surface area contributed by atoms with Gasteiger partial charge in [0.2, 0.25) is 5.91 Å². The smallest absolute Gasteiger partial charge is 0.236 e. The van der Waals surface area contributed by atoms with Gasteiger partial charge in [0.1, 0.15) is 0 Å². The van der Waals surface area contributed by atoms with Gasteiger partial charge in [0.05, 0.1) is 12.1 Å². The Morgan fingerprint density at radius 3 is 2.47 bits per heavy atom. The molecule has 0 aromatic heterocycles. The van der Waals surface area contributed by atoms with Gasteiger partial charge in [-0.15, -0.1) is 0 Å². The summed E-state index contributed by atoms with van der Waals surface area (Å²) in [4.78, 5) is 14.1. The van der Waals surface area contributed by atoms with Crippen LogP contribution in [0.4, 0.5) is 0 Å². The molecule has 1 N–H and O–H groups in total. The van der Waals surface area contributed by atoms with E-state index in [1.165, 1.54) is 12.8 Å². The lowest BCUT2D eigenvalue weighted by Crippen LogP contribution is -2.69. The Morgan fingerprint density at radius 1 is 1.37 bits per heavy atom. The van der Waals surface area contributed by atoms with Crippen LogP contribution in [0.2, 0.25) is 0 Å². The van der Waals surface area contributed by atoms with Gasteiger partial charge in [-0.05, 0) is 38.6 Å². The zero-order valence-electron chi connectivity index (χ0n) is 13.0. The molecule has 2 fully saturated rings. The minimum absolute atomic E-state index is 0.00263. The minimum atomic E-state index is -0.117. The van der Waals surface area contributed by atoms with Crippen LogP contribution in [0.1, 0.15) is 40.0 Å². The van der Waals surface area contributed by atoms with E-state index >= 15 is 0 Å². The minimum Gasteiger partial charge on any atom is -0.378 e. The van der Waals surface area contributed by atoms with Crippen molar-refractivity contribution in [2.75, 3.05) is 27.2 Å². The van der Waals surface area contributed by atoms with Gasteiger partial charge in [-0.1, -0.05) is 13.8 Å². The Hall–Kier alpha value is -0.610. The lowest BCUT2D eigenvalue weighted by Gasteiger charge is -2.61. The van der Waals surface area contributed by atoms with Gasteiger partial charge in [0.15, 0.2) is 0 Å². The van der Waals surface area contributed by atoms with Crippen LogP contribution in [0.3, 0.4) is 0 Å². The molecule has 110 valence electrons. The largest absolute Gasteiger partial charge is 0.378 e. The highest BCUT2D eigenvalue weighted by molar-refractivity contribution is 5.78. The molecule has 0 spiro atoms. The molecule has 2 atom stereocenters. The molecule has 0 radical (unpaired) electrons.